The van der Waals surface area contributed by atoms with E-state index in [9.17, 15) is 14.4 Å². The van der Waals surface area contributed by atoms with Crippen molar-refractivity contribution in [1.29, 1.82) is 0 Å². The fourth-order valence-electron chi connectivity index (χ4n) is 2.58. The van der Waals surface area contributed by atoms with Crippen LogP contribution >= 0.6 is 166 Å². The molecule has 0 radical (unpaired) electrons. The molecule has 4 atom stereocenters. The molecule has 0 saturated heterocycles. The third kappa shape index (κ3) is 40.6. The molecule has 0 amide bonds. The zero-order valence-corrected chi connectivity index (χ0v) is 48.8. The monoisotopic (exact) mass is 1120 g/mol. The highest BCUT2D eigenvalue weighted by Crippen LogP contribution is 2.51. The number of hydrogen-bond acceptors (Lipinski definition) is 24. The number of carbonyl (C=O) groups excluding carboxylic acids is 3. The molecule has 0 aromatic carbocycles. The topological polar surface area (TPSA) is 134 Å². The SMILES string of the molecule is COC(=O)C(PSC(=S)OC(C)C)PSC(=S)OC(C)C.COC(=O)C(PSC(=S)OC(C)C)SC(=S)OC(C)C.COC(=O)C(SC(=S)OC(C)C)SC(=S)OC(C)C. The van der Waals surface area contributed by atoms with Gasteiger partial charge in [0.05, 0.1) is 58.0 Å². The molecule has 4 unspecified atom stereocenters. The normalized spacial score (nSPS) is 12.3. The second kappa shape index (κ2) is 39.3. The average Bonchev–Trinajstić information content (AvgIpc) is 3.10. The summed E-state index contributed by atoms with van der Waals surface area (Å²) in [7, 11) is 4.67. The predicted octanol–water partition coefficient (Wildman–Crippen LogP) is 11.9. The van der Waals surface area contributed by atoms with Gasteiger partial charge in [0.2, 0.25) is 26.3 Å². The molecular formula is C33H57O12P3S12. The van der Waals surface area contributed by atoms with Gasteiger partial charge in [-0.25, -0.2) is 4.79 Å². The number of methoxy groups -OCH3 is 3. The predicted molar refractivity (Wildman–Crippen MR) is 291 cm³/mol. The summed E-state index contributed by atoms with van der Waals surface area (Å²) in [6.45, 7) is 22.6. The van der Waals surface area contributed by atoms with Gasteiger partial charge in [-0.3, -0.25) is 9.59 Å². The maximum absolute atomic E-state index is 11.8. The highest BCUT2D eigenvalue weighted by Gasteiger charge is 2.27. The minimum Gasteiger partial charge on any atom is -0.476 e. The van der Waals surface area contributed by atoms with E-state index < -0.39 is 15.5 Å². The maximum atomic E-state index is 11.8. The van der Waals surface area contributed by atoms with Gasteiger partial charge in [0.15, 0.2) is 4.58 Å². The van der Waals surface area contributed by atoms with E-state index in [1.54, 1.807) is 0 Å². The van der Waals surface area contributed by atoms with E-state index >= 15 is 0 Å². The van der Waals surface area contributed by atoms with E-state index in [2.05, 4.69) is 0 Å². The lowest BCUT2D eigenvalue weighted by Crippen LogP contribution is -2.21. The van der Waals surface area contributed by atoms with E-state index in [0.29, 0.717) is 17.5 Å². The van der Waals surface area contributed by atoms with Crippen LogP contribution in [0.4, 0.5) is 0 Å². The summed E-state index contributed by atoms with van der Waals surface area (Å²) < 4.78 is 48.1. The lowest BCUT2D eigenvalue weighted by Gasteiger charge is -2.17. The van der Waals surface area contributed by atoms with Crippen LogP contribution in [0.3, 0.4) is 0 Å². The van der Waals surface area contributed by atoms with Crippen molar-refractivity contribution < 1.29 is 57.0 Å². The van der Waals surface area contributed by atoms with Crippen molar-refractivity contribution in [2.24, 2.45) is 0 Å². The van der Waals surface area contributed by atoms with Gasteiger partial charge < -0.3 is 42.6 Å². The van der Waals surface area contributed by atoms with Gasteiger partial charge in [-0.1, -0.05) is 45.9 Å². The van der Waals surface area contributed by atoms with Crippen LogP contribution in [0.25, 0.3) is 0 Å². The summed E-state index contributed by atoms with van der Waals surface area (Å²) in [6.07, 6.45) is -0.00113. The Morgan fingerprint density at radius 2 is 0.650 bits per heavy atom. The molecule has 0 bridgehead atoms. The van der Waals surface area contributed by atoms with Crippen molar-refractivity contribution >= 4 is 210 Å². The quantitative estimate of drug-likeness (QED) is 0.0423. The number of carbonyl (C=O) groups is 3. The number of esters is 3. The van der Waals surface area contributed by atoms with E-state index in [0.717, 1.165) is 23.5 Å². The van der Waals surface area contributed by atoms with Crippen LogP contribution in [-0.2, 0) is 57.0 Å². The van der Waals surface area contributed by atoms with Gasteiger partial charge in [-0.15, -0.1) is 0 Å². The highest BCUT2D eigenvalue weighted by atomic mass is 32.7. The molecule has 27 heteroatoms. The third-order valence-corrected chi connectivity index (χ3v) is 21.5. The van der Waals surface area contributed by atoms with Gasteiger partial charge in [0.1, 0.15) is 10.4 Å². The molecule has 0 aromatic heterocycles. The van der Waals surface area contributed by atoms with Crippen molar-refractivity contribution in [3.63, 3.8) is 0 Å². The number of thiocarbonyl (C=S) groups is 6. The van der Waals surface area contributed by atoms with Crippen molar-refractivity contribution in [3.05, 3.63) is 0 Å². The number of rotatable bonds is 18. The number of hydrogen-bond donors (Lipinski definition) is 0. The molecule has 0 heterocycles. The highest BCUT2D eigenvalue weighted by molar-refractivity contribution is 8.65. The molecule has 348 valence electrons. The molecule has 0 N–H and O–H groups in total. The lowest BCUT2D eigenvalue weighted by atomic mass is 10.5. The van der Waals surface area contributed by atoms with Crippen LogP contribution in [0.15, 0.2) is 0 Å². The summed E-state index contributed by atoms with van der Waals surface area (Å²) in [5, 5.41) is -0.257. The second-order valence-electron chi connectivity index (χ2n) is 12.2. The van der Waals surface area contributed by atoms with Gasteiger partial charge in [0.25, 0.3) is 0 Å². The lowest BCUT2D eigenvalue weighted by molar-refractivity contribution is -0.139. The smallest absolute Gasteiger partial charge is 0.330 e. The molecule has 0 aromatic rings. The number of ether oxygens (including phenoxy) is 9. The summed E-state index contributed by atoms with van der Waals surface area (Å²) in [4.78, 5) is 34.7. The summed E-state index contributed by atoms with van der Waals surface area (Å²) in [5.41, 5.74) is 0. The van der Waals surface area contributed by atoms with Crippen LogP contribution in [0.5, 0.6) is 0 Å². The molecule has 0 fully saturated rings. The summed E-state index contributed by atoms with van der Waals surface area (Å²) >= 11 is 37.9. The van der Waals surface area contributed by atoms with Crippen molar-refractivity contribution in [1.82, 2.24) is 0 Å². The first-order valence-electron chi connectivity index (χ1n) is 17.5. The Morgan fingerprint density at radius 1 is 0.383 bits per heavy atom. The first-order valence-corrected chi connectivity index (χ1v) is 30.5. The first-order chi connectivity index (χ1) is 27.8. The molecule has 0 saturated carbocycles. The molecule has 60 heavy (non-hydrogen) atoms. The van der Waals surface area contributed by atoms with Gasteiger partial charge in [0, 0.05) is 0 Å². The Bertz CT molecular complexity index is 1310. The molecule has 12 nitrogen and oxygen atoms in total. The summed E-state index contributed by atoms with van der Waals surface area (Å²) in [6, 6.07) is 0. The molecule has 0 aliphatic heterocycles. The Hall–Kier alpha value is 1.14. The maximum Gasteiger partial charge on any atom is 0.330 e. The van der Waals surface area contributed by atoms with Crippen LogP contribution in [0.2, 0.25) is 0 Å². The van der Waals surface area contributed by atoms with Gasteiger partial charge >= 0.3 is 17.9 Å². The first kappa shape index (κ1) is 65.4. The molecule has 0 aliphatic carbocycles. The van der Waals surface area contributed by atoms with E-state index in [-0.39, 0.29) is 86.1 Å². The van der Waals surface area contributed by atoms with Crippen LogP contribution in [0, 0.1) is 0 Å². The largest absolute Gasteiger partial charge is 0.476 e. The minimum atomic E-state index is -0.623. The van der Waals surface area contributed by atoms with E-state index in [1.807, 2.05) is 83.1 Å². The molecular weight excluding hydrogens is 1070 g/mol. The number of thioether (sulfide) groups is 3. The van der Waals surface area contributed by atoms with Gasteiger partial charge in [-0.05, 0) is 203 Å². The average molecular weight is 1120 g/mol. The van der Waals surface area contributed by atoms with Gasteiger partial charge in [-0.2, -0.15) is 0 Å². The van der Waals surface area contributed by atoms with Crippen LogP contribution < -0.4 is 0 Å². The minimum absolute atomic E-state index is 0.0189. The fourth-order valence-corrected chi connectivity index (χ4v) is 18.7. The van der Waals surface area contributed by atoms with E-state index in [4.69, 9.17) is 116 Å². The Balaban J connectivity index is -0.000000813. The van der Waals surface area contributed by atoms with E-state index in [1.165, 1.54) is 67.2 Å². The molecule has 0 spiro atoms. The standard InChI is InChI=1S/C11H20O4P2S4.C11H19O4PS4.C11H18O4S4/c1-6(2)14-10(18)20-16-9(8(12)13-5)17-21-11(19)15-7(3)4;1-6(2)14-10(17)19-9(8(12)13-5)16-20-11(18)15-7(3)4;1-6(2)14-10(16)18-9(8(12)13-5)19-11(17)15-7(3)4/h6-7,9,16-17H,1-5H3;6-7,9,16H,1-5H3;6-7,9H,1-5H3. The van der Waals surface area contributed by atoms with Crippen molar-refractivity contribution in [2.45, 2.75) is 135 Å². The third-order valence-electron chi connectivity index (χ3n) is 4.63. The van der Waals surface area contributed by atoms with Crippen molar-refractivity contribution in [3.8, 4) is 0 Å². The second-order valence-corrected chi connectivity index (χ2v) is 28.7. The summed E-state index contributed by atoms with van der Waals surface area (Å²) in [5.74, 6) is -1.03. The van der Waals surface area contributed by atoms with Crippen molar-refractivity contribution in [2.75, 3.05) is 21.3 Å². The molecule has 0 rings (SSSR count). The zero-order valence-electron chi connectivity index (χ0n) is 36.0. The molecule has 0 aliphatic rings. The Labute approximate surface area is 419 Å². The van der Waals surface area contributed by atoms with Crippen LogP contribution in [-0.4, -0.2) is 117 Å². The zero-order chi connectivity index (χ0) is 47.1. The Morgan fingerprint density at radius 3 is 0.933 bits per heavy atom. The fraction of sp³-hybridized carbons (Fsp3) is 0.727. The van der Waals surface area contributed by atoms with Crippen LogP contribution in [0.1, 0.15) is 83.1 Å². The Kier molecular flexibility index (Phi) is 42.9.